The van der Waals surface area contributed by atoms with E-state index in [2.05, 4.69) is 26.2 Å². The number of hydrogen-bond donors (Lipinski definition) is 1. The maximum atomic E-state index is 12.0. The number of nitrogens with zero attached hydrogens (tertiary/aromatic N) is 1. The molecule has 18 heavy (non-hydrogen) atoms. The van der Waals surface area contributed by atoms with Crippen LogP contribution in [-0.2, 0) is 0 Å². The summed E-state index contributed by atoms with van der Waals surface area (Å²) >= 11 is 3.65. The summed E-state index contributed by atoms with van der Waals surface area (Å²) in [7, 11) is 0. The standard InChI is InChI=1S/C14H19BrN2O/c1-10-8-12(6-7-16-10)14(18)17-9-11-2-4-13(15)5-3-11/h6-8,11,13H,2-5,9H2,1H3,(H,17,18). The highest BCUT2D eigenvalue weighted by Crippen LogP contribution is 2.28. The van der Waals surface area contributed by atoms with E-state index in [0.717, 1.165) is 12.2 Å². The van der Waals surface area contributed by atoms with Gasteiger partial charge in [0.1, 0.15) is 0 Å². The third-order valence-electron chi connectivity index (χ3n) is 3.49. The van der Waals surface area contributed by atoms with Crippen molar-refractivity contribution in [3.8, 4) is 0 Å². The van der Waals surface area contributed by atoms with E-state index in [1.54, 1.807) is 12.3 Å². The zero-order valence-electron chi connectivity index (χ0n) is 10.7. The van der Waals surface area contributed by atoms with Gasteiger partial charge in [-0.1, -0.05) is 15.9 Å². The lowest BCUT2D eigenvalue weighted by atomic mass is 9.89. The molecule has 3 nitrogen and oxygen atoms in total. The Morgan fingerprint density at radius 1 is 1.44 bits per heavy atom. The monoisotopic (exact) mass is 310 g/mol. The fourth-order valence-corrected chi connectivity index (χ4v) is 2.88. The number of aromatic nitrogens is 1. The summed E-state index contributed by atoms with van der Waals surface area (Å²) in [4.78, 5) is 16.7. The highest BCUT2D eigenvalue weighted by atomic mass is 79.9. The molecule has 0 aromatic carbocycles. The fraction of sp³-hybridized carbons (Fsp3) is 0.571. The molecule has 1 aromatic heterocycles. The number of carbonyl (C=O) groups excluding carboxylic acids is 1. The van der Waals surface area contributed by atoms with E-state index < -0.39 is 0 Å². The van der Waals surface area contributed by atoms with Crippen LogP contribution in [0.15, 0.2) is 18.3 Å². The van der Waals surface area contributed by atoms with Crippen molar-refractivity contribution in [3.63, 3.8) is 0 Å². The maximum absolute atomic E-state index is 12.0. The Morgan fingerprint density at radius 2 is 2.17 bits per heavy atom. The average molecular weight is 311 g/mol. The van der Waals surface area contributed by atoms with E-state index in [0.29, 0.717) is 16.3 Å². The Balaban J connectivity index is 1.81. The summed E-state index contributed by atoms with van der Waals surface area (Å²) in [5, 5.41) is 3.03. The fourth-order valence-electron chi connectivity index (χ4n) is 2.35. The molecule has 1 N–H and O–H groups in total. The number of halogens is 1. The number of alkyl halides is 1. The van der Waals surface area contributed by atoms with Gasteiger partial charge in [-0.05, 0) is 50.7 Å². The zero-order chi connectivity index (χ0) is 13.0. The Morgan fingerprint density at radius 3 is 2.83 bits per heavy atom. The second-order valence-corrected chi connectivity index (χ2v) is 6.31. The Hall–Kier alpha value is -0.900. The molecule has 2 rings (SSSR count). The Kier molecular flexibility index (Phi) is 4.75. The lowest BCUT2D eigenvalue weighted by Crippen LogP contribution is -2.31. The molecule has 0 unspecified atom stereocenters. The largest absolute Gasteiger partial charge is 0.352 e. The van der Waals surface area contributed by atoms with E-state index in [1.807, 2.05) is 13.0 Å². The zero-order valence-corrected chi connectivity index (χ0v) is 12.2. The van der Waals surface area contributed by atoms with Crippen molar-refractivity contribution in [1.82, 2.24) is 10.3 Å². The molecule has 98 valence electrons. The minimum absolute atomic E-state index is 0.0152. The first kappa shape index (κ1) is 13.5. The second-order valence-electron chi connectivity index (χ2n) is 5.01. The van der Waals surface area contributed by atoms with E-state index in [1.165, 1.54) is 25.7 Å². The van der Waals surface area contributed by atoms with Gasteiger partial charge in [0.2, 0.25) is 0 Å². The Labute approximate surface area is 117 Å². The van der Waals surface area contributed by atoms with Gasteiger partial charge in [0, 0.05) is 28.8 Å². The molecule has 0 aliphatic heterocycles. The van der Waals surface area contributed by atoms with Crippen LogP contribution in [0.4, 0.5) is 0 Å². The third-order valence-corrected chi connectivity index (χ3v) is 4.40. The molecule has 1 aliphatic rings. The molecule has 0 radical (unpaired) electrons. The van der Waals surface area contributed by atoms with Gasteiger partial charge in [-0.15, -0.1) is 0 Å². The normalized spacial score (nSPS) is 23.7. The van der Waals surface area contributed by atoms with Crippen molar-refractivity contribution in [2.45, 2.75) is 37.4 Å². The molecule has 1 fully saturated rings. The summed E-state index contributed by atoms with van der Waals surface area (Å²) in [5.41, 5.74) is 1.58. The van der Waals surface area contributed by atoms with Crippen molar-refractivity contribution in [3.05, 3.63) is 29.6 Å². The second kappa shape index (κ2) is 6.32. The van der Waals surface area contributed by atoms with Crippen molar-refractivity contribution < 1.29 is 4.79 Å². The van der Waals surface area contributed by atoms with Crippen LogP contribution < -0.4 is 5.32 Å². The van der Waals surface area contributed by atoms with Gasteiger partial charge < -0.3 is 5.32 Å². The van der Waals surface area contributed by atoms with Crippen molar-refractivity contribution >= 4 is 21.8 Å². The lowest BCUT2D eigenvalue weighted by Gasteiger charge is -2.25. The first-order valence-corrected chi connectivity index (χ1v) is 7.41. The molecule has 0 spiro atoms. The predicted octanol–water partition coefficient (Wildman–Crippen LogP) is 3.07. The smallest absolute Gasteiger partial charge is 0.251 e. The van der Waals surface area contributed by atoms with E-state index in [4.69, 9.17) is 0 Å². The lowest BCUT2D eigenvalue weighted by molar-refractivity contribution is 0.0943. The Bertz CT molecular complexity index is 414. The minimum Gasteiger partial charge on any atom is -0.352 e. The van der Waals surface area contributed by atoms with Gasteiger partial charge in [-0.2, -0.15) is 0 Å². The molecular formula is C14H19BrN2O. The third kappa shape index (κ3) is 3.80. The summed E-state index contributed by atoms with van der Waals surface area (Å²) in [6, 6.07) is 3.59. The molecule has 1 amide bonds. The molecule has 4 heteroatoms. The quantitative estimate of drug-likeness (QED) is 0.872. The van der Waals surface area contributed by atoms with Crippen LogP contribution in [0.2, 0.25) is 0 Å². The molecular weight excluding hydrogens is 292 g/mol. The van der Waals surface area contributed by atoms with Crippen molar-refractivity contribution in [2.24, 2.45) is 5.92 Å². The number of amides is 1. The van der Waals surface area contributed by atoms with Crippen LogP contribution in [0.1, 0.15) is 41.7 Å². The van der Waals surface area contributed by atoms with Gasteiger partial charge in [0.25, 0.3) is 5.91 Å². The first-order valence-electron chi connectivity index (χ1n) is 6.50. The van der Waals surface area contributed by atoms with E-state index >= 15 is 0 Å². The summed E-state index contributed by atoms with van der Waals surface area (Å²) in [5.74, 6) is 0.646. The van der Waals surface area contributed by atoms with Gasteiger partial charge in [0.15, 0.2) is 0 Å². The van der Waals surface area contributed by atoms with Gasteiger partial charge >= 0.3 is 0 Å². The molecule has 0 saturated heterocycles. The predicted molar refractivity (Wildman–Crippen MR) is 76.0 cm³/mol. The molecule has 1 aliphatic carbocycles. The SMILES string of the molecule is Cc1cc(C(=O)NCC2CCC(Br)CC2)ccn1. The van der Waals surface area contributed by atoms with E-state index in [9.17, 15) is 4.79 Å². The van der Waals surface area contributed by atoms with Crippen LogP contribution in [0, 0.1) is 12.8 Å². The summed E-state index contributed by atoms with van der Waals surface area (Å²) in [6.45, 7) is 2.69. The molecule has 1 aromatic rings. The maximum Gasteiger partial charge on any atom is 0.251 e. The molecule has 0 bridgehead atoms. The topological polar surface area (TPSA) is 42.0 Å². The van der Waals surface area contributed by atoms with Crippen LogP contribution in [0.5, 0.6) is 0 Å². The number of hydrogen-bond acceptors (Lipinski definition) is 2. The number of nitrogens with one attached hydrogen (secondary N) is 1. The number of aryl methyl sites for hydroxylation is 1. The molecule has 1 heterocycles. The average Bonchev–Trinajstić information content (AvgIpc) is 2.38. The van der Waals surface area contributed by atoms with Crippen molar-refractivity contribution in [1.29, 1.82) is 0 Å². The van der Waals surface area contributed by atoms with Crippen LogP contribution in [-0.4, -0.2) is 22.3 Å². The van der Waals surface area contributed by atoms with E-state index in [-0.39, 0.29) is 5.91 Å². The molecule has 1 saturated carbocycles. The highest BCUT2D eigenvalue weighted by molar-refractivity contribution is 9.09. The first-order chi connectivity index (χ1) is 8.65. The minimum atomic E-state index is 0.0152. The van der Waals surface area contributed by atoms with Gasteiger partial charge in [-0.25, -0.2) is 0 Å². The summed E-state index contributed by atoms with van der Waals surface area (Å²) < 4.78 is 0. The highest BCUT2D eigenvalue weighted by Gasteiger charge is 2.19. The van der Waals surface area contributed by atoms with Crippen LogP contribution in [0.25, 0.3) is 0 Å². The summed E-state index contributed by atoms with van der Waals surface area (Å²) in [6.07, 6.45) is 6.52. The van der Waals surface area contributed by atoms with Crippen LogP contribution in [0.3, 0.4) is 0 Å². The van der Waals surface area contributed by atoms with Gasteiger partial charge in [-0.3, -0.25) is 9.78 Å². The number of rotatable bonds is 3. The number of carbonyl (C=O) groups is 1. The number of pyridine rings is 1. The van der Waals surface area contributed by atoms with Crippen LogP contribution >= 0.6 is 15.9 Å². The van der Waals surface area contributed by atoms with Gasteiger partial charge in [0.05, 0.1) is 0 Å². The van der Waals surface area contributed by atoms with Crippen molar-refractivity contribution in [2.75, 3.05) is 6.54 Å². The molecule has 0 atom stereocenters.